The Bertz CT molecular complexity index is 719. The molecule has 2 amide bonds. The number of carbonyl (C=O) groups is 2. The molecule has 0 aromatic carbocycles. The van der Waals surface area contributed by atoms with Crippen molar-refractivity contribution in [1.82, 2.24) is 20.1 Å². The van der Waals surface area contributed by atoms with E-state index in [9.17, 15) is 14.4 Å². The van der Waals surface area contributed by atoms with E-state index >= 15 is 0 Å². The molecule has 3 rings (SSSR count). The molecule has 1 aliphatic heterocycles. The Morgan fingerprint density at radius 2 is 2.00 bits per heavy atom. The van der Waals surface area contributed by atoms with Gasteiger partial charge in [0.2, 0.25) is 5.91 Å². The number of carbonyl (C=O) groups excluding carboxylic acids is 2. The molecule has 0 radical (unpaired) electrons. The van der Waals surface area contributed by atoms with E-state index in [1.807, 2.05) is 0 Å². The molecule has 0 atom stereocenters. The zero-order valence-electron chi connectivity index (χ0n) is 10.5. The second kappa shape index (κ2) is 4.41. The number of nitrogens with one attached hydrogen (secondary N) is 3. The summed E-state index contributed by atoms with van der Waals surface area (Å²) in [6, 6.07) is 2.93. The van der Waals surface area contributed by atoms with Crippen molar-refractivity contribution in [3.63, 3.8) is 0 Å². The van der Waals surface area contributed by atoms with Crippen LogP contribution in [0.15, 0.2) is 23.1 Å². The molecule has 3 heterocycles. The first kappa shape index (κ1) is 12.3. The second-order valence-corrected chi connectivity index (χ2v) is 4.79. The Hall–Kier alpha value is -2.77. The summed E-state index contributed by atoms with van der Waals surface area (Å²) in [4.78, 5) is 38.5. The fraction of sp³-hybridized carbons (Fsp3) is 0.250. The van der Waals surface area contributed by atoms with Gasteiger partial charge in [0, 0.05) is 37.0 Å². The average molecular weight is 275 g/mol. The van der Waals surface area contributed by atoms with Crippen LogP contribution < -0.4 is 11.3 Å². The molecule has 2 aromatic heterocycles. The summed E-state index contributed by atoms with van der Waals surface area (Å²) in [5.41, 5.74) is 6.35. The molecule has 20 heavy (non-hydrogen) atoms. The summed E-state index contributed by atoms with van der Waals surface area (Å²) in [6.45, 7) is 1.05. The SMILES string of the molecule is NC(=O)c1c[nH]c(C(=O)N2CC(c3cc(=O)[nH][nH]3)C2)c1. The minimum absolute atomic E-state index is 0.128. The van der Waals surface area contributed by atoms with Gasteiger partial charge in [0.25, 0.3) is 11.5 Å². The van der Waals surface area contributed by atoms with Crippen LogP contribution in [0.4, 0.5) is 0 Å². The van der Waals surface area contributed by atoms with Gasteiger partial charge in [-0.1, -0.05) is 0 Å². The molecule has 104 valence electrons. The molecular formula is C12H13N5O3. The van der Waals surface area contributed by atoms with Crippen LogP contribution in [0.3, 0.4) is 0 Å². The van der Waals surface area contributed by atoms with Crippen molar-refractivity contribution >= 4 is 11.8 Å². The third-order valence-electron chi connectivity index (χ3n) is 3.42. The highest BCUT2D eigenvalue weighted by molar-refractivity contribution is 5.98. The van der Waals surface area contributed by atoms with E-state index in [4.69, 9.17) is 5.73 Å². The van der Waals surface area contributed by atoms with E-state index in [1.165, 1.54) is 18.3 Å². The molecule has 0 aliphatic carbocycles. The zero-order chi connectivity index (χ0) is 14.3. The van der Waals surface area contributed by atoms with Crippen LogP contribution in [0, 0.1) is 0 Å². The highest BCUT2D eigenvalue weighted by Crippen LogP contribution is 2.26. The number of aromatic nitrogens is 3. The van der Waals surface area contributed by atoms with Gasteiger partial charge in [-0.25, -0.2) is 0 Å². The first-order valence-corrected chi connectivity index (χ1v) is 6.09. The van der Waals surface area contributed by atoms with Crippen molar-refractivity contribution < 1.29 is 9.59 Å². The smallest absolute Gasteiger partial charge is 0.270 e. The minimum Gasteiger partial charge on any atom is -0.366 e. The van der Waals surface area contributed by atoms with Crippen LogP contribution >= 0.6 is 0 Å². The summed E-state index contributed by atoms with van der Waals surface area (Å²) in [5, 5.41) is 5.25. The molecule has 1 aliphatic rings. The lowest BCUT2D eigenvalue weighted by molar-refractivity contribution is 0.0593. The minimum atomic E-state index is -0.577. The van der Waals surface area contributed by atoms with Crippen molar-refractivity contribution in [3.8, 4) is 0 Å². The lowest BCUT2D eigenvalue weighted by Gasteiger charge is -2.38. The number of H-pyrrole nitrogens is 3. The fourth-order valence-electron chi connectivity index (χ4n) is 2.24. The molecule has 2 aromatic rings. The van der Waals surface area contributed by atoms with E-state index in [2.05, 4.69) is 15.2 Å². The molecule has 5 N–H and O–H groups in total. The zero-order valence-corrected chi connectivity index (χ0v) is 10.5. The normalized spacial score (nSPS) is 15.1. The first-order chi connectivity index (χ1) is 9.54. The van der Waals surface area contributed by atoms with Gasteiger partial charge in [0.1, 0.15) is 5.69 Å². The van der Waals surface area contributed by atoms with Crippen molar-refractivity contribution in [1.29, 1.82) is 0 Å². The maximum Gasteiger partial charge on any atom is 0.270 e. The summed E-state index contributed by atoms with van der Waals surface area (Å²) in [5.74, 6) is -0.637. The maximum absolute atomic E-state index is 12.1. The predicted molar refractivity (Wildman–Crippen MR) is 69.4 cm³/mol. The fourth-order valence-corrected chi connectivity index (χ4v) is 2.24. The van der Waals surface area contributed by atoms with E-state index < -0.39 is 5.91 Å². The molecule has 0 spiro atoms. The number of hydrogen-bond acceptors (Lipinski definition) is 3. The predicted octanol–water partition coefficient (Wildman–Crippen LogP) is -0.630. The summed E-state index contributed by atoms with van der Waals surface area (Å²) >= 11 is 0. The number of hydrogen-bond donors (Lipinski definition) is 4. The van der Waals surface area contributed by atoms with Gasteiger partial charge < -0.3 is 20.7 Å². The van der Waals surface area contributed by atoms with Crippen LogP contribution in [0.25, 0.3) is 0 Å². The highest BCUT2D eigenvalue weighted by atomic mass is 16.2. The summed E-state index contributed by atoms with van der Waals surface area (Å²) in [7, 11) is 0. The number of primary amides is 1. The standard InChI is InChI=1S/C12H13N5O3/c13-11(19)6-1-9(14-3-6)12(20)17-4-7(5-17)8-2-10(18)16-15-8/h1-3,7,14H,4-5H2,(H2,13,19)(H2,15,16,18). The molecule has 0 unspecified atom stereocenters. The average Bonchev–Trinajstić information content (AvgIpc) is 2.96. The van der Waals surface area contributed by atoms with Crippen LogP contribution in [-0.2, 0) is 0 Å². The molecule has 1 saturated heterocycles. The Kier molecular flexibility index (Phi) is 2.70. The Morgan fingerprint density at radius 1 is 1.25 bits per heavy atom. The van der Waals surface area contributed by atoms with Crippen molar-refractivity contribution in [2.24, 2.45) is 5.73 Å². The summed E-state index contributed by atoms with van der Waals surface area (Å²) < 4.78 is 0. The molecule has 0 bridgehead atoms. The van der Waals surface area contributed by atoms with Crippen molar-refractivity contribution in [2.45, 2.75) is 5.92 Å². The number of likely N-dealkylation sites (tertiary alicyclic amines) is 1. The second-order valence-electron chi connectivity index (χ2n) is 4.79. The number of amides is 2. The van der Waals surface area contributed by atoms with E-state index in [1.54, 1.807) is 4.90 Å². The number of rotatable bonds is 3. The molecule has 8 nitrogen and oxygen atoms in total. The molecule has 8 heteroatoms. The maximum atomic E-state index is 12.1. The Labute approximate surface area is 112 Å². The molecule has 0 saturated carbocycles. The van der Waals surface area contributed by atoms with E-state index in [0.29, 0.717) is 18.8 Å². The van der Waals surface area contributed by atoms with Gasteiger partial charge in [-0.05, 0) is 6.07 Å². The lowest BCUT2D eigenvalue weighted by atomic mass is 9.96. The van der Waals surface area contributed by atoms with Crippen LogP contribution in [0.2, 0.25) is 0 Å². The largest absolute Gasteiger partial charge is 0.366 e. The first-order valence-electron chi connectivity index (χ1n) is 6.09. The van der Waals surface area contributed by atoms with Crippen LogP contribution in [0.5, 0.6) is 0 Å². The van der Waals surface area contributed by atoms with Gasteiger partial charge in [-0.2, -0.15) is 0 Å². The Balaban J connectivity index is 1.65. The Morgan fingerprint density at radius 3 is 2.55 bits per heavy atom. The van der Waals surface area contributed by atoms with Gasteiger partial charge in [-0.3, -0.25) is 19.5 Å². The summed E-state index contributed by atoms with van der Waals surface area (Å²) in [6.07, 6.45) is 1.41. The van der Waals surface area contributed by atoms with E-state index in [-0.39, 0.29) is 22.9 Å². The lowest BCUT2D eigenvalue weighted by Crippen LogP contribution is -2.48. The van der Waals surface area contributed by atoms with Gasteiger partial charge >= 0.3 is 0 Å². The number of nitrogens with two attached hydrogens (primary N) is 1. The van der Waals surface area contributed by atoms with Crippen LogP contribution in [-0.4, -0.2) is 45.0 Å². The van der Waals surface area contributed by atoms with Gasteiger partial charge in [0.15, 0.2) is 0 Å². The van der Waals surface area contributed by atoms with Gasteiger partial charge in [0.05, 0.1) is 5.56 Å². The molecular weight excluding hydrogens is 262 g/mol. The number of nitrogens with zero attached hydrogens (tertiary/aromatic N) is 1. The number of aromatic amines is 3. The highest BCUT2D eigenvalue weighted by Gasteiger charge is 2.33. The van der Waals surface area contributed by atoms with Gasteiger partial charge in [-0.15, -0.1) is 0 Å². The van der Waals surface area contributed by atoms with E-state index in [0.717, 1.165) is 5.69 Å². The quantitative estimate of drug-likeness (QED) is 0.595. The monoisotopic (exact) mass is 275 g/mol. The third kappa shape index (κ3) is 2.00. The topological polar surface area (TPSA) is 128 Å². The third-order valence-corrected chi connectivity index (χ3v) is 3.42. The van der Waals surface area contributed by atoms with Crippen LogP contribution in [0.1, 0.15) is 32.5 Å². The van der Waals surface area contributed by atoms with Crippen molar-refractivity contribution in [3.05, 3.63) is 45.6 Å². The molecule has 1 fully saturated rings. The van der Waals surface area contributed by atoms with Crippen molar-refractivity contribution in [2.75, 3.05) is 13.1 Å².